The first-order valence-corrected chi connectivity index (χ1v) is 24.4. The van der Waals surface area contributed by atoms with Gasteiger partial charge in [0.05, 0.1) is 11.1 Å². The monoisotopic (exact) mass is 872 g/mol. The predicted octanol–water partition coefficient (Wildman–Crippen LogP) is 14.8. The van der Waals surface area contributed by atoms with Gasteiger partial charge >= 0.3 is 0 Å². The first kappa shape index (κ1) is 38.6. The van der Waals surface area contributed by atoms with Crippen LogP contribution in [-0.2, 0) is 10.8 Å². The van der Waals surface area contributed by atoms with Gasteiger partial charge in [0.1, 0.15) is 0 Å². The molecular weight excluding hydrogens is 828 g/mol. The van der Waals surface area contributed by atoms with Crippen LogP contribution in [0.3, 0.4) is 0 Å². The topological polar surface area (TPSA) is 6.48 Å². The van der Waals surface area contributed by atoms with Crippen LogP contribution >= 0.6 is 11.3 Å². The van der Waals surface area contributed by atoms with Crippen molar-refractivity contribution in [3.05, 3.63) is 246 Å². The Morgan fingerprint density at radius 1 is 0.433 bits per heavy atom. The van der Waals surface area contributed by atoms with E-state index in [0.29, 0.717) is 0 Å². The van der Waals surface area contributed by atoms with Crippen molar-refractivity contribution in [3.8, 4) is 44.5 Å². The number of hydrogen-bond acceptors (Lipinski definition) is 3. The fourth-order valence-electron chi connectivity index (χ4n) is 12.2. The van der Waals surface area contributed by atoms with Gasteiger partial charge in [-0.05, 0) is 120 Å². The Bertz CT molecular complexity index is 3590. The first-order valence-electron chi connectivity index (χ1n) is 23.6. The minimum atomic E-state index is -0.448. The molecule has 316 valence electrons. The normalized spacial score (nSPS) is 14.2. The third kappa shape index (κ3) is 5.28. The second-order valence-corrected chi connectivity index (χ2v) is 20.6. The molecular formula is C63H45BN2S. The fraction of sp³-hybridized carbons (Fsp3) is 0.0794. The summed E-state index contributed by atoms with van der Waals surface area (Å²) in [4.78, 5) is 6.59. The molecule has 0 amide bonds. The molecule has 4 aliphatic rings. The van der Waals surface area contributed by atoms with Gasteiger partial charge in [-0.3, -0.25) is 0 Å². The van der Waals surface area contributed by atoms with E-state index in [9.17, 15) is 0 Å². The van der Waals surface area contributed by atoms with Crippen molar-refractivity contribution in [2.24, 2.45) is 0 Å². The Morgan fingerprint density at radius 2 is 0.955 bits per heavy atom. The van der Waals surface area contributed by atoms with Crippen molar-refractivity contribution in [1.82, 2.24) is 0 Å². The maximum absolute atomic E-state index is 2.63. The van der Waals surface area contributed by atoms with Crippen molar-refractivity contribution < 1.29 is 0 Å². The van der Waals surface area contributed by atoms with Gasteiger partial charge in [0.2, 0.25) is 0 Å². The molecule has 3 heterocycles. The highest BCUT2D eigenvalue weighted by atomic mass is 32.1. The summed E-state index contributed by atoms with van der Waals surface area (Å²) in [6, 6.07) is 82.2. The van der Waals surface area contributed by atoms with E-state index in [1.807, 2.05) is 11.3 Å². The molecule has 0 unspecified atom stereocenters. The summed E-state index contributed by atoms with van der Waals surface area (Å²) < 4.78 is 1.40. The summed E-state index contributed by atoms with van der Waals surface area (Å²) in [6.45, 7) is 6.91. The standard InChI is InChI=1S/C63H45BN2S/c1-62(2,3)42-34-36-44(37-35-42)66-55-32-18-31-54-58(55)64(53-38-33-41(39-56(53)65(54)43-21-8-5-9-22-43)46-24-11-10-23-45(46)40-19-6-4-7-20-40)61-59(66)57-49-27-14-17-30-52(49)63(60(57)67-61)50-28-15-12-25-47(50)48-26-13-16-29-51(48)63/h4-39H,1-3H3. The van der Waals surface area contributed by atoms with Gasteiger partial charge in [-0.25, -0.2) is 0 Å². The Balaban J connectivity index is 1.09. The molecule has 1 aromatic heterocycles. The number of anilines is 6. The maximum Gasteiger partial charge on any atom is 0.264 e. The number of benzene rings is 9. The highest BCUT2D eigenvalue weighted by Gasteiger charge is 2.56. The Hall–Kier alpha value is -7.66. The van der Waals surface area contributed by atoms with Gasteiger partial charge in [0, 0.05) is 43.7 Å². The summed E-state index contributed by atoms with van der Waals surface area (Å²) in [7, 11) is 0. The highest BCUT2D eigenvalue weighted by Crippen LogP contribution is 2.67. The molecule has 9 aromatic carbocycles. The number of thiophene rings is 1. The molecule has 14 rings (SSSR count). The summed E-state index contributed by atoms with van der Waals surface area (Å²) >= 11 is 2.05. The van der Waals surface area contributed by atoms with Crippen LogP contribution in [0, 0.1) is 0 Å². The minimum Gasteiger partial charge on any atom is -0.311 e. The lowest BCUT2D eigenvalue weighted by molar-refractivity contribution is 0.590. The maximum atomic E-state index is 2.63. The molecule has 1 spiro atoms. The molecule has 0 fully saturated rings. The Morgan fingerprint density at radius 3 is 1.60 bits per heavy atom. The van der Waals surface area contributed by atoms with E-state index < -0.39 is 5.41 Å². The van der Waals surface area contributed by atoms with Gasteiger partial charge in [0.15, 0.2) is 0 Å². The van der Waals surface area contributed by atoms with Crippen molar-refractivity contribution in [1.29, 1.82) is 0 Å². The summed E-state index contributed by atoms with van der Waals surface area (Å²) in [5.41, 5.74) is 25.2. The molecule has 67 heavy (non-hydrogen) atoms. The number of fused-ring (bicyclic) bond motifs is 15. The van der Waals surface area contributed by atoms with Gasteiger partial charge in [-0.15, -0.1) is 11.3 Å². The lowest BCUT2D eigenvalue weighted by atomic mass is 9.36. The molecule has 10 aromatic rings. The van der Waals surface area contributed by atoms with E-state index in [1.54, 1.807) is 0 Å². The van der Waals surface area contributed by atoms with E-state index in [0.717, 1.165) is 5.69 Å². The van der Waals surface area contributed by atoms with Crippen LogP contribution in [0.5, 0.6) is 0 Å². The lowest BCUT2D eigenvalue weighted by Gasteiger charge is -2.43. The first-order chi connectivity index (χ1) is 32.9. The van der Waals surface area contributed by atoms with Gasteiger partial charge in [-0.1, -0.05) is 197 Å². The fourth-order valence-corrected chi connectivity index (χ4v) is 13.8. The van der Waals surface area contributed by atoms with E-state index in [4.69, 9.17) is 0 Å². The Kier molecular flexibility index (Phi) is 8.17. The number of hydrogen-bond donors (Lipinski definition) is 0. The third-order valence-electron chi connectivity index (χ3n) is 15.0. The minimum absolute atomic E-state index is 0.00798. The Labute approximate surface area is 397 Å². The quantitative estimate of drug-likeness (QED) is 0.163. The smallest absolute Gasteiger partial charge is 0.264 e. The van der Waals surface area contributed by atoms with Gasteiger partial charge in [-0.2, -0.15) is 0 Å². The zero-order valence-corrected chi connectivity index (χ0v) is 38.5. The molecule has 2 aliphatic heterocycles. The molecule has 0 atom stereocenters. The van der Waals surface area contributed by atoms with E-state index in [2.05, 4.69) is 249 Å². The number of para-hydroxylation sites is 1. The molecule has 4 heteroatoms. The predicted molar refractivity (Wildman–Crippen MR) is 284 cm³/mol. The van der Waals surface area contributed by atoms with Gasteiger partial charge in [0.25, 0.3) is 6.71 Å². The summed E-state index contributed by atoms with van der Waals surface area (Å²) in [5.74, 6) is 0. The molecule has 0 bridgehead atoms. The van der Waals surface area contributed by atoms with Crippen LogP contribution < -0.4 is 25.5 Å². The second kappa shape index (κ2) is 14.2. The lowest BCUT2D eigenvalue weighted by Crippen LogP contribution is -2.60. The van der Waals surface area contributed by atoms with E-state index >= 15 is 0 Å². The van der Waals surface area contributed by atoms with E-state index in [1.165, 1.54) is 116 Å². The molecule has 0 N–H and O–H groups in total. The van der Waals surface area contributed by atoms with E-state index in [-0.39, 0.29) is 12.1 Å². The van der Waals surface area contributed by atoms with Crippen molar-refractivity contribution >= 4 is 67.9 Å². The van der Waals surface area contributed by atoms with Crippen LogP contribution in [0.15, 0.2) is 218 Å². The summed E-state index contributed by atoms with van der Waals surface area (Å²) in [5, 5.41) is 0. The number of nitrogens with zero attached hydrogens (tertiary/aromatic N) is 2. The number of rotatable bonds is 4. The SMILES string of the molecule is CC(C)(C)c1ccc(N2c3cccc4c3B(c3ccc(-c5ccccc5-c5ccccc5)cc3N4c3ccccc3)c3sc4c(c32)-c2ccccc2C42c3ccccc3-c3ccccc32)cc1. The molecule has 2 aliphatic carbocycles. The zero-order valence-electron chi connectivity index (χ0n) is 37.7. The van der Waals surface area contributed by atoms with Crippen LogP contribution in [0.2, 0.25) is 0 Å². The molecule has 2 nitrogen and oxygen atoms in total. The largest absolute Gasteiger partial charge is 0.311 e. The van der Waals surface area contributed by atoms with Crippen LogP contribution in [0.1, 0.15) is 47.9 Å². The van der Waals surface area contributed by atoms with Crippen molar-refractivity contribution in [2.45, 2.75) is 31.6 Å². The van der Waals surface area contributed by atoms with Gasteiger partial charge < -0.3 is 9.80 Å². The second-order valence-electron chi connectivity index (χ2n) is 19.5. The third-order valence-corrected chi connectivity index (χ3v) is 16.4. The van der Waals surface area contributed by atoms with Crippen molar-refractivity contribution in [3.63, 3.8) is 0 Å². The summed E-state index contributed by atoms with van der Waals surface area (Å²) in [6.07, 6.45) is 0. The van der Waals surface area contributed by atoms with Crippen LogP contribution in [-0.4, -0.2) is 6.71 Å². The highest BCUT2D eigenvalue weighted by molar-refractivity contribution is 7.30. The molecule has 0 saturated carbocycles. The average molecular weight is 873 g/mol. The van der Waals surface area contributed by atoms with Crippen LogP contribution in [0.4, 0.5) is 34.1 Å². The molecule has 0 saturated heterocycles. The zero-order chi connectivity index (χ0) is 44.6. The van der Waals surface area contributed by atoms with Crippen LogP contribution in [0.25, 0.3) is 44.5 Å². The van der Waals surface area contributed by atoms with Crippen molar-refractivity contribution in [2.75, 3.05) is 9.80 Å². The molecule has 0 radical (unpaired) electrons. The average Bonchev–Trinajstić information content (AvgIpc) is 4.01.